The molecule has 4 heteroatoms. The van der Waals surface area contributed by atoms with Crippen LogP contribution in [0.1, 0.15) is 62.6 Å². The van der Waals surface area contributed by atoms with Crippen LogP contribution in [0.5, 0.6) is 11.5 Å². The highest BCUT2D eigenvalue weighted by Crippen LogP contribution is 2.29. The summed E-state index contributed by atoms with van der Waals surface area (Å²) in [6.07, 6.45) is 1.06. The number of anilines is 1. The number of carbonyl (C=O) groups is 1. The molecule has 0 spiro atoms. The van der Waals surface area contributed by atoms with Crippen LogP contribution in [0.25, 0.3) is 0 Å². The van der Waals surface area contributed by atoms with Gasteiger partial charge in [0.1, 0.15) is 0 Å². The number of aryl methyl sites for hydroxylation is 1. The third-order valence-electron chi connectivity index (χ3n) is 4.73. The minimum Gasteiger partial charge on any atom is -0.493 e. The Labute approximate surface area is 162 Å². The van der Waals surface area contributed by atoms with Gasteiger partial charge in [-0.15, -0.1) is 0 Å². The molecule has 0 saturated heterocycles. The zero-order valence-electron chi connectivity index (χ0n) is 17.3. The Hall–Kier alpha value is -2.49. The molecule has 0 aliphatic rings. The zero-order chi connectivity index (χ0) is 20.0. The second-order valence-electron chi connectivity index (χ2n) is 7.39. The van der Waals surface area contributed by atoms with Gasteiger partial charge in [0, 0.05) is 12.1 Å². The van der Waals surface area contributed by atoms with Crippen molar-refractivity contribution in [3.63, 3.8) is 0 Å². The highest BCUT2D eigenvalue weighted by molar-refractivity contribution is 5.91. The Kier molecular flexibility index (Phi) is 7.28. The van der Waals surface area contributed by atoms with Crippen molar-refractivity contribution in [1.82, 2.24) is 0 Å². The summed E-state index contributed by atoms with van der Waals surface area (Å²) in [5, 5.41) is 3.08. The van der Waals surface area contributed by atoms with E-state index >= 15 is 0 Å². The van der Waals surface area contributed by atoms with E-state index in [1.807, 2.05) is 24.3 Å². The Morgan fingerprint density at radius 2 is 1.63 bits per heavy atom. The van der Waals surface area contributed by atoms with Crippen LogP contribution in [-0.4, -0.2) is 20.1 Å². The van der Waals surface area contributed by atoms with Gasteiger partial charge in [-0.25, -0.2) is 0 Å². The molecule has 0 radical (unpaired) electrons. The van der Waals surface area contributed by atoms with Gasteiger partial charge in [-0.3, -0.25) is 4.79 Å². The van der Waals surface area contributed by atoms with Crippen LogP contribution in [0.15, 0.2) is 36.4 Å². The van der Waals surface area contributed by atoms with Crippen LogP contribution >= 0.6 is 0 Å². The Morgan fingerprint density at radius 1 is 0.926 bits per heavy atom. The first-order chi connectivity index (χ1) is 12.8. The van der Waals surface area contributed by atoms with Gasteiger partial charge < -0.3 is 14.8 Å². The van der Waals surface area contributed by atoms with Gasteiger partial charge in [0.15, 0.2) is 11.5 Å². The maximum absolute atomic E-state index is 12.5. The number of amides is 1. The first kappa shape index (κ1) is 20.8. The van der Waals surface area contributed by atoms with Crippen LogP contribution in [-0.2, 0) is 11.2 Å². The molecule has 0 heterocycles. The van der Waals surface area contributed by atoms with E-state index in [4.69, 9.17) is 9.47 Å². The normalized spacial score (nSPS) is 11.0. The number of methoxy groups -OCH3 is 2. The molecule has 0 fully saturated rings. The van der Waals surface area contributed by atoms with E-state index < -0.39 is 0 Å². The molecule has 0 saturated carbocycles. The van der Waals surface area contributed by atoms with Crippen LogP contribution in [0, 0.1) is 0 Å². The first-order valence-corrected chi connectivity index (χ1v) is 9.50. The third-order valence-corrected chi connectivity index (χ3v) is 4.73. The van der Waals surface area contributed by atoms with Crippen LogP contribution in [0.4, 0.5) is 5.69 Å². The fourth-order valence-corrected chi connectivity index (χ4v) is 3.04. The van der Waals surface area contributed by atoms with E-state index in [1.54, 1.807) is 14.2 Å². The van der Waals surface area contributed by atoms with Crippen LogP contribution in [0.3, 0.4) is 0 Å². The van der Waals surface area contributed by atoms with E-state index in [9.17, 15) is 4.79 Å². The van der Waals surface area contributed by atoms with E-state index in [-0.39, 0.29) is 5.91 Å². The highest BCUT2D eigenvalue weighted by atomic mass is 16.5. The number of nitrogens with one attached hydrogen (secondary N) is 1. The lowest BCUT2D eigenvalue weighted by atomic mass is 9.94. The number of benzene rings is 2. The number of carbonyl (C=O) groups excluding carboxylic acids is 1. The zero-order valence-corrected chi connectivity index (χ0v) is 17.3. The number of ether oxygens (including phenoxy) is 2. The van der Waals surface area contributed by atoms with Crippen molar-refractivity contribution >= 4 is 11.6 Å². The fraction of sp³-hybridized carbons (Fsp3) is 0.435. The third kappa shape index (κ3) is 5.49. The number of hydrogen-bond donors (Lipinski definition) is 1. The molecule has 0 atom stereocenters. The molecule has 0 unspecified atom stereocenters. The molecule has 2 aromatic rings. The summed E-state index contributed by atoms with van der Waals surface area (Å²) in [5.41, 5.74) is 4.43. The summed E-state index contributed by atoms with van der Waals surface area (Å²) < 4.78 is 10.6. The summed E-state index contributed by atoms with van der Waals surface area (Å²) >= 11 is 0. The van der Waals surface area contributed by atoms with Crippen molar-refractivity contribution in [3.8, 4) is 11.5 Å². The topological polar surface area (TPSA) is 47.6 Å². The van der Waals surface area contributed by atoms with Crippen LogP contribution < -0.4 is 14.8 Å². The average molecular weight is 370 g/mol. The van der Waals surface area contributed by atoms with Gasteiger partial charge in [-0.1, -0.05) is 45.9 Å². The molecule has 0 aliphatic heterocycles. The minimum absolute atomic E-state index is 0.0176. The van der Waals surface area contributed by atoms with Gasteiger partial charge in [0.05, 0.1) is 14.2 Å². The quantitative estimate of drug-likeness (QED) is 0.666. The van der Waals surface area contributed by atoms with E-state index in [0.717, 1.165) is 11.3 Å². The van der Waals surface area contributed by atoms with Crippen molar-refractivity contribution in [3.05, 3.63) is 53.1 Å². The Morgan fingerprint density at radius 3 is 2.22 bits per heavy atom. The molecule has 0 aliphatic carbocycles. The summed E-state index contributed by atoms with van der Waals surface area (Å²) in [5.74, 6) is 2.21. The predicted octanol–water partition coefficient (Wildman–Crippen LogP) is 5.52. The summed E-state index contributed by atoms with van der Waals surface area (Å²) in [4.78, 5) is 12.5. The SMILES string of the molecule is COc1ccc(CCC(=O)Nc2ccc(C(C)C)cc2C(C)C)cc1OC. The molecule has 146 valence electrons. The second kappa shape index (κ2) is 9.45. The first-order valence-electron chi connectivity index (χ1n) is 9.50. The van der Waals surface area contributed by atoms with Gasteiger partial charge in [0.25, 0.3) is 0 Å². The smallest absolute Gasteiger partial charge is 0.224 e. The maximum atomic E-state index is 12.5. The molecule has 2 aromatic carbocycles. The molecule has 27 heavy (non-hydrogen) atoms. The van der Waals surface area contributed by atoms with Crippen LogP contribution in [0.2, 0.25) is 0 Å². The van der Waals surface area contributed by atoms with Gasteiger partial charge in [-0.2, -0.15) is 0 Å². The molecular weight excluding hydrogens is 338 g/mol. The Balaban J connectivity index is 2.06. The van der Waals surface area contributed by atoms with Crippen molar-refractivity contribution < 1.29 is 14.3 Å². The monoisotopic (exact) mass is 369 g/mol. The van der Waals surface area contributed by atoms with Crippen molar-refractivity contribution in [2.24, 2.45) is 0 Å². The lowest BCUT2D eigenvalue weighted by Crippen LogP contribution is -2.14. The largest absolute Gasteiger partial charge is 0.493 e. The van der Waals surface area contributed by atoms with Crippen molar-refractivity contribution in [1.29, 1.82) is 0 Å². The predicted molar refractivity (Wildman–Crippen MR) is 111 cm³/mol. The Bertz CT molecular complexity index is 781. The maximum Gasteiger partial charge on any atom is 0.224 e. The summed E-state index contributed by atoms with van der Waals surface area (Å²) in [6, 6.07) is 12.1. The van der Waals surface area contributed by atoms with Crippen molar-refractivity contribution in [2.75, 3.05) is 19.5 Å². The summed E-state index contributed by atoms with van der Waals surface area (Å²) in [7, 11) is 3.23. The van der Waals surface area contributed by atoms with Gasteiger partial charge in [-0.05, 0) is 53.1 Å². The van der Waals surface area contributed by atoms with E-state index in [0.29, 0.717) is 36.2 Å². The summed E-state index contributed by atoms with van der Waals surface area (Å²) in [6.45, 7) is 8.67. The average Bonchev–Trinajstić information content (AvgIpc) is 2.65. The van der Waals surface area contributed by atoms with E-state index in [1.165, 1.54) is 11.1 Å². The standard InChI is InChI=1S/C23H31NO3/c1-15(2)18-9-10-20(19(14-18)16(3)4)24-23(25)12-8-17-7-11-21(26-5)22(13-17)27-6/h7,9-11,13-16H,8,12H2,1-6H3,(H,24,25). The molecule has 1 N–H and O–H groups in total. The molecule has 2 rings (SSSR count). The minimum atomic E-state index is 0.0176. The fourth-order valence-electron chi connectivity index (χ4n) is 3.04. The van der Waals surface area contributed by atoms with Gasteiger partial charge >= 0.3 is 0 Å². The molecule has 1 amide bonds. The highest BCUT2D eigenvalue weighted by Gasteiger charge is 2.13. The molecule has 0 aromatic heterocycles. The molecule has 4 nitrogen and oxygen atoms in total. The lowest BCUT2D eigenvalue weighted by Gasteiger charge is -2.17. The van der Waals surface area contributed by atoms with Crippen molar-refractivity contribution in [2.45, 2.75) is 52.4 Å². The van der Waals surface area contributed by atoms with Gasteiger partial charge in [0.2, 0.25) is 5.91 Å². The lowest BCUT2D eigenvalue weighted by molar-refractivity contribution is -0.116. The molecular formula is C23H31NO3. The van der Waals surface area contributed by atoms with E-state index in [2.05, 4.69) is 45.1 Å². The molecule has 0 bridgehead atoms. The second-order valence-corrected chi connectivity index (χ2v) is 7.39. The number of rotatable bonds is 8. The number of hydrogen-bond acceptors (Lipinski definition) is 3.